The van der Waals surface area contributed by atoms with Crippen molar-refractivity contribution in [3.63, 3.8) is 0 Å². The van der Waals surface area contributed by atoms with E-state index in [1.54, 1.807) is 6.07 Å². The van der Waals surface area contributed by atoms with Crippen LogP contribution in [0.5, 0.6) is 0 Å². The van der Waals surface area contributed by atoms with E-state index >= 15 is 0 Å². The molecule has 1 aromatic heterocycles. The Kier molecular flexibility index (Phi) is 3.74. The van der Waals surface area contributed by atoms with Crippen molar-refractivity contribution >= 4 is 11.6 Å². The summed E-state index contributed by atoms with van der Waals surface area (Å²) in [5.41, 5.74) is -0.221. The van der Waals surface area contributed by atoms with E-state index < -0.39 is 16.6 Å². The highest BCUT2D eigenvalue weighted by molar-refractivity contribution is 5.96. The van der Waals surface area contributed by atoms with Crippen molar-refractivity contribution in [3.8, 4) is 0 Å². The molecule has 8 heteroatoms. The van der Waals surface area contributed by atoms with Crippen molar-refractivity contribution < 1.29 is 14.1 Å². The Labute approximate surface area is 113 Å². The molecule has 0 aliphatic rings. The normalized spacial score (nSPS) is 10.3. The summed E-state index contributed by atoms with van der Waals surface area (Å²) in [7, 11) is 0. The minimum Gasteiger partial charge on any atom is -0.346 e. The van der Waals surface area contributed by atoms with Crippen LogP contribution in [-0.2, 0) is 6.54 Å². The SMILES string of the molecule is Cc1[nH]nc(C(=O)NCc2ccccc2F)c1[N+](=O)[O-]. The van der Waals surface area contributed by atoms with Crippen molar-refractivity contribution in [2.24, 2.45) is 0 Å². The number of H-pyrrole nitrogens is 1. The Morgan fingerprint density at radius 3 is 2.85 bits per heavy atom. The van der Waals surface area contributed by atoms with Crippen LogP contribution in [0.3, 0.4) is 0 Å². The second-order valence-corrected chi connectivity index (χ2v) is 4.08. The Hall–Kier alpha value is -2.77. The Morgan fingerprint density at radius 1 is 1.50 bits per heavy atom. The van der Waals surface area contributed by atoms with Crippen LogP contribution in [0, 0.1) is 22.9 Å². The smallest absolute Gasteiger partial charge is 0.322 e. The van der Waals surface area contributed by atoms with E-state index in [-0.39, 0.29) is 29.2 Å². The van der Waals surface area contributed by atoms with Crippen LogP contribution in [0.2, 0.25) is 0 Å². The second-order valence-electron chi connectivity index (χ2n) is 4.08. The number of halogens is 1. The summed E-state index contributed by atoms with van der Waals surface area (Å²) >= 11 is 0. The number of nitrogens with one attached hydrogen (secondary N) is 2. The first-order valence-electron chi connectivity index (χ1n) is 5.71. The fourth-order valence-electron chi connectivity index (χ4n) is 1.71. The Bertz CT molecular complexity index is 668. The molecule has 1 aromatic carbocycles. The molecule has 2 aromatic rings. The van der Waals surface area contributed by atoms with E-state index in [1.165, 1.54) is 25.1 Å². The first-order valence-corrected chi connectivity index (χ1v) is 5.71. The predicted molar refractivity (Wildman–Crippen MR) is 67.5 cm³/mol. The van der Waals surface area contributed by atoms with E-state index in [1.807, 2.05) is 0 Å². The number of amides is 1. The molecule has 0 aliphatic carbocycles. The van der Waals surface area contributed by atoms with Gasteiger partial charge in [-0.2, -0.15) is 5.10 Å². The highest BCUT2D eigenvalue weighted by Gasteiger charge is 2.26. The maximum Gasteiger partial charge on any atom is 0.322 e. The van der Waals surface area contributed by atoms with Crippen molar-refractivity contribution in [3.05, 3.63) is 57.1 Å². The van der Waals surface area contributed by atoms with E-state index in [2.05, 4.69) is 15.5 Å². The lowest BCUT2D eigenvalue weighted by Gasteiger charge is -2.04. The molecular formula is C12H11FN4O3. The molecule has 1 amide bonds. The van der Waals surface area contributed by atoms with Gasteiger partial charge in [0.15, 0.2) is 0 Å². The molecule has 2 rings (SSSR count). The van der Waals surface area contributed by atoms with Gasteiger partial charge in [-0.15, -0.1) is 0 Å². The minimum atomic E-state index is -0.732. The minimum absolute atomic E-state index is 0.0748. The van der Waals surface area contributed by atoms with Crippen LogP contribution in [-0.4, -0.2) is 21.0 Å². The van der Waals surface area contributed by atoms with Gasteiger partial charge >= 0.3 is 5.69 Å². The van der Waals surface area contributed by atoms with Gasteiger partial charge in [-0.1, -0.05) is 18.2 Å². The van der Waals surface area contributed by atoms with E-state index in [0.29, 0.717) is 0 Å². The van der Waals surface area contributed by atoms with Gasteiger partial charge in [-0.25, -0.2) is 4.39 Å². The molecule has 0 radical (unpaired) electrons. The number of hydrogen-bond donors (Lipinski definition) is 2. The number of rotatable bonds is 4. The molecule has 0 atom stereocenters. The fraction of sp³-hybridized carbons (Fsp3) is 0.167. The number of aromatic amines is 1. The van der Waals surface area contributed by atoms with Crippen LogP contribution in [0.4, 0.5) is 10.1 Å². The van der Waals surface area contributed by atoms with Crippen molar-refractivity contribution in [2.75, 3.05) is 0 Å². The molecule has 0 fully saturated rings. The van der Waals surface area contributed by atoms with Crippen LogP contribution in [0.25, 0.3) is 0 Å². The van der Waals surface area contributed by atoms with Gasteiger partial charge in [-0.3, -0.25) is 20.0 Å². The average Bonchev–Trinajstić information content (AvgIpc) is 2.79. The summed E-state index contributed by atoms with van der Waals surface area (Å²) < 4.78 is 13.4. The molecule has 0 spiro atoms. The quantitative estimate of drug-likeness (QED) is 0.656. The summed E-state index contributed by atoms with van der Waals surface area (Å²) in [4.78, 5) is 22.0. The fourth-order valence-corrected chi connectivity index (χ4v) is 1.71. The highest BCUT2D eigenvalue weighted by Crippen LogP contribution is 2.20. The molecule has 20 heavy (non-hydrogen) atoms. The lowest BCUT2D eigenvalue weighted by molar-refractivity contribution is -0.385. The van der Waals surface area contributed by atoms with Gasteiger partial charge in [0.1, 0.15) is 11.5 Å². The van der Waals surface area contributed by atoms with Gasteiger partial charge in [0, 0.05) is 12.1 Å². The molecule has 0 unspecified atom stereocenters. The molecule has 0 saturated heterocycles. The van der Waals surface area contributed by atoms with Crippen molar-refractivity contribution in [1.82, 2.24) is 15.5 Å². The zero-order chi connectivity index (χ0) is 14.7. The van der Waals surface area contributed by atoms with Crippen molar-refractivity contribution in [2.45, 2.75) is 13.5 Å². The number of nitrogens with zero attached hydrogens (tertiary/aromatic N) is 2. The monoisotopic (exact) mass is 278 g/mol. The molecular weight excluding hydrogens is 267 g/mol. The first kappa shape index (κ1) is 13.7. The molecule has 0 saturated carbocycles. The van der Waals surface area contributed by atoms with E-state index in [4.69, 9.17) is 0 Å². The van der Waals surface area contributed by atoms with E-state index in [0.717, 1.165) is 0 Å². The van der Waals surface area contributed by atoms with Gasteiger partial charge in [0.25, 0.3) is 5.91 Å². The van der Waals surface area contributed by atoms with Crippen LogP contribution < -0.4 is 5.32 Å². The largest absolute Gasteiger partial charge is 0.346 e. The molecule has 0 bridgehead atoms. The summed E-state index contributed by atoms with van der Waals surface area (Å²) in [6.45, 7) is 1.37. The highest BCUT2D eigenvalue weighted by atomic mass is 19.1. The van der Waals surface area contributed by atoms with Gasteiger partial charge in [-0.05, 0) is 13.0 Å². The molecule has 2 N–H and O–H groups in total. The standard InChI is InChI=1S/C12H11FN4O3/c1-7-11(17(19)20)10(16-15-7)12(18)14-6-8-4-2-3-5-9(8)13/h2-5H,6H2,1H3,(H,14,18)(H,15,16). The zero-order valence-corrected chi connectivity index (χ0v) is 10.5. The summed E-state index contributed by atoms with van der Waals surface area (Å²) in [6.07, 6.45) is 0. The van der Waals surface area contributed by atoms with Crippen LogP contribution in [0.15, 0.2) is 24.3 Å². The summed E-state index contributed by atoms with van der Waals surface area (Å²) in [5.74, 6) is -1.19. The Morgan fingerprint density at radius 2 is 2.20 bits per heavy atom. The predicted octanol–water partition coefficient (Wildman–Crippen LogP) is 1.70. The van der Waals surface area contributed by atoms with Gasteiger partial charge in [0.2, 0.25) is 5.69 Å². The molecule has 1 heterocycles. The second kappa shape index (κ2) is 5.47. The van der Waals surface area contributed by atoms with E-state index in [9.17, 15) is 19.3 Å². The number of carbonyl (C=O) groups excluding carboxylic acids is 1. The zero-order valence-electron chi connectivity index (χ0n) is 10.5. The maximum atomic E-state index is 13.4. The molecule has 7 nitrogen and oxygen atoms in total. The third kappa shape index (κ3) is 2.63. The number of benzene rings is 1. The third-order valence-corrected chi connectivity index (χ3v) is 2.71. The first-order chi connectivity index (χ1) is 9.50. The van der Waals surface area contributed by atoms with Crippen molar-refractivity contribution in [1.29, 1.82) is 0 Å². The van der Waals surface area contributed by atoms with Crippen LogP contribution in [0.1, 0.15) is 21.7 Å². The number of carbonyl (C=O) groups is 1. The number of aromatic nitrogens is 2. The number of aryl methyl sites for hydroxylation is 1. The third-order valence-electron chi connectivity index (χ3n) is 2.71. The van der Waals surface area contributed by atoms with Crippen LogP contribution >= 0.6 is 0 Å². The lowest BCUT2D eigenvalue weighted by Crippen LogP contribution is -2.24. The summed E-state index contributed by atoms with van der Waals surface area (Å²) in [5, 5.41) is 19.2. The number of hydrogen-bond acceptors (Lipinski definition) is 4. The topological polar surface area (TPSA) is 101 Å². The van der Waals surface area contributed by atoms with Gasteiger partial charge in [0.05, 0.1) is 4.92 Å². The average molecular weight is 278 g/mol. The number of nitro groups is 1. The molecule has 0 aliphatic heterocycles. The summed E-state index contributed by atoms with van der Waals surface area (Å²) in [6, 6.07) is 5.94. The lowest BCUT2D eigenvalue weighted by atomic mass is 10.2. The maximum absolute atomic E-state index is 13.4. The molecule has 104 valence electrons. The van der Waals surface area contributed by atoms with Gasteiger partial charge < -0.3 is 5.32 Å². The Balaban J connectivity index is 2.14.